The molecule has 0 aliphatic carbocycles. The number of non-ortho nitro benzene ring substituents is 1. The minimum Gasteiger partial charge on any atom is -0.478 e. The lowest BCUT2D eigenvalue weighted by Crippen LogP contribution is -2.51. The van der Waals surface area contributed by atoms with Gasteiger partial charge in [0.05, 0.1) is 16.9 Å². The van der Waals surface area contributed by atoms with E-state index in [1.165, 1.54) is 36.4 Å². The van der Waals surface area contributed by atoms with Crippen molar-refractivity contribution in [3.05, 3.63) is 75.3 Å². The number of piperazine rings is 1. The summed E-state index contributed by atoms with van der Waals surface area (Å²) in [5.74, 6) is -1.41. The first-order chi connectivity index (χ1) is 13.8. The number of nitro groups is 1. The van der Waals surface area contributed by atoms with Gasteiger partial charge in [-0.05, 0) is 29.8 Å². The van der Waals surface area contributed by atoms with Gasteiger partial charge < -0.3 is 14.9 Å². The Morgan fingerprint density at radius 2 is 1.55 bits per heavy atom. The first-order valence-corrected chi connectivity index (χ1v) is 8.99. The number of nitrogens with zero attached hydrogens (tertiary/aromatic N) is 3. The highest BCUT2D eigenvalue weighted by molar-refractivity contribution is 5.94. The summed E-state index contributed by atoms with van der Waals surface area (Å²) in [4.78, 5) is 49.5. The van der Waals surface area contributed by atoms with E-state index in [2.05, 4.69) is 0 Å². The molecule has 1 aliphatic rings. The molecule has 0 saturated carbocycles. The van der Waals surface area contributed by atoms with Gasteiger partial charge in [0.15, 0.2) is 0 Å². The number of nitro benzene ring substituents is 1. The molecule has 1 saturated heterocycles. The van der Waals surface area contributed by atoms with Crippen LogP contribution in [0.4, 0.5) is 5.69 Å². The number of rotatable bonds is 5. The molecule has 9 heteroatoms. The molecule has 1 fully saturated rings. The molecule has 3 rings (SSSR count). The van der Waals surface area contributed by atoms with Gasteiger partial charge in [0.25, 0.3) is 11.6 Å². The molecule has 2 aromatic carbocycles. The van der Waals surface area contributed by atoms with Crippen molar-refractivity contribution in [2.75, 3.05) is 26.2 Å². The number of carbonyl (C=O) groups is 3. The van der Waals surface area contributed by atoms with E-state index in [1.807, 2.05) is 0 Å². The largest absolute Gasteiger partial charge is 0.478 e. The lowest BCUT2D eigenvalue weighted by Gasteiger charge is -2.35. The van der Waals surface area contributed by atoms with Crippen LogP contribution in [0.1, 0.15) is 26.3 Å². The highest BCUT2D eigenvalue weighted by Crippen LogP contribution is 2.15. The van der Waals surface area contributed by atoms with E-state index in [-0.39, 0.29) is 29.5 Å². The van der Waals surface area contributed by atoms with Gasteiger partial charge in [0.1, 0.15) is 0 Å². The molecule has 0 aromatic heterocycles. The van der Waals surface area contributed by atoms with Crippen molar-refractivity contribution in [3.8, 4) is 0 Å². The first kappa shape index (κ1) is 20.0. The smallest absolute Gasteiger partial charge is 0.335 e. The molecule has 1 heterocycles. The fourth-order valence-corrected chi connectivity index (χ4v) is 3.17. The summed E-state index contributed by atoms with van der Waals surface area (Å²) < 4.78 is 0. The zero-order chi connectivity index (χ0) is 21.0. The van der Waals surface area contributed by atoms with Crippen molar-refractivity contribution in [2.45, 2.75) is 6.42 Å². The van der Waals surface area contributed by atoms with Crippen LogP contribution in [0.25, 0.3) is 0 Å². The predicted octanol–water partition coefficient (Wildman–Crippen LogP) is 1.82. The number of amides is 2. The van der Waals surface area contributed by atoms with Gasteiger partial charge >= 0.3 is 5.97 Å². The van der Waals surface area contributed by atoms with Crippen LogP contribution < -0.4 is 0 Å². The number of aromatic carboxylic acids is 1. The highest BCUT2D eigenvalue weighted by Gasteiger charge is 2.25. The van der Waals surface area contributed by atoms with Gasteiger partial charge in [0.2, 0.25) is 5.91 Å². The number of hydrogen-bond donors (Lipinski definition) is 1. The second-order valence-electron chi connectivity index (χ2n) is 6.66. The molecular weight excluding hydrogens is 378 g/mol. The van der Waals surface area contributed by atoms with Crippen molar-refractivity contribution < 1.29 is 24.4 Å². The predicted molar refractivity (Wildman–Crippen MR) is 103 cm³/mol. The van der Waals surface area contributed by atoms with Crippen LogP contribution in [0, 0.1) is 10.1 Å². The lowest BCUT2D eigenvalue weighted by atomic mass is 10.1. The molecule has 0 unspecified atom stereocenters. The van der Waals surface area contributed by atoms with E-state index in [4.69, 9.17) is 5.11 Å². The maximum atomic E-state index is 12.5. The third-order valence-corrected chi connectivity index (χ3v) is 4.77. The molecule has 9 nitrogen and oxygen atoms in total. The molecule has 2 amide bonds. The Balaban J connectivity index is 1.56. The Kier molecular flexibility index (Phi) is 5.87. The Morgan fingerprint density at radius 1 is 0.931 bits per heavy atom. The average molecular weight is 397 g/mol. The molecule has 150 valence electrons. The third-order valence-electron chi connectivity index (χ3n) is 4.77. The van der Waals surface area contributed by atoms with E-state index >= 15 is 0 Å². The van der Waals surface area contributed by atoms with Crippen molar-refractivity contribution in [1.82, 2.24) is 9.80 Å². The summed E-state index contributed by atoms with van der Waals surface area (Å²) in [6.45, 7) is 1.46. The van der Waals surface area contributed by atoms with Gasteiger partial charge in [-0.3, -0.25) is 19.7 Å². The maximum Gasteiger partial charge on any atom is 0.335 e. The lowest BCUT2D eigenvalue weighted by molar-refractivity contribution is -0.384. The van der Waals surface area contributed by atoms with E-state index < -0.39 is 10.9 Å². The minimum absolute atomic E-state index is 0.0797. The molecule has 1 aliphatic heterocycles. The summed E-state index contributed by atoms with van der Waals surface area (Å²) in [5, 5.41) is 19.8. The molecular formula is C20H19N3O6. The Hall–Kier alpha value is -3.75. The summed E-state index contributed by atoms with van der Waals surface area (Å²) in [5.41, 5.74) is 1.04. The molecule has 29 heavy (non-hydrogen) atoms. The third kappa shape index (κ3) is 4.75. The normalized spacial score (nSPS) is 13.8. The topological polar surface area (TPSA) is 121 Å². The second kappa shape index (κ2) is 8.51. The van der Waals surface area contributed by atoms with Gasteiger partial charge in [0, 0.05) is 43.9 Å². The van der Waals surface area contributed by atoms with E-state index in [0.29, 0.717) is 37.3 Å². The minimum atomic E-state index is -1.04. The van der Waals surface area contributed by atoms with Gasteiger partial charge in [-0.15, -0.1) is 0 Å². The molecule has 0 atom stereocenters. The van der Waals surface area contributed by atoms with E-state index in [9.17, 15) is 24.5 Å². The highest BCUT2D eigenvalue weighted by atomic mass is 16.6. The first-order valence-electron chi connectivity index (χ1n) is 8.99. The van der Waals surface area contributed by atoms with Crippen LogP contribution in [-0.4, -0.2) is 63.8 Å². The van der Waals surface area contributed by atoms with Crippen molar-refractivity contribution in [1.29, 1.82) is 0 Å². The fourth-order valence-electron chi connectivity index (χ4n) is 3.17. The fraction of sp³-hybridized carbons (Fsp3) is 0.250. The van der Waals surface area contributed by atoms with Crippen LogP contribution in [0.15, 0.2) is 48.5 Å². The van der Waals surface area contributed by atoms with Crippen molar-refractivity contribution >= 4 is 23.5 Å². The summed E-state index contributed by atoms with van der Waals surface area (Å²) >= 11 is 0. The summed E-state index contributed by atoms with van der Waals surface area (Å²) in [7, 11) is 0. The molecule has 1 N–H and O–H groups in total. The van der Waals surface area contributed by atoms with Crippen LogP contribution in [0.3, 0.4) is 0 Å². The van der Waals surface area contributed by atoms with Gasteiger partial charge in [-0.25, -0.2) is 4.79 Å². The number of carboxylic acids is 1. The molecule has 2 aromatic rings. The van der Waals surface area contributed by atoms with Crippen LogP contribution in [-0.2, 0) is 11.2 Å². The Bertz CT molecular complexity index is 949. The Morgan fingerprint density at radius 3 is 2.14 bits per heavy atom. The zero-order valence-electron chi connectivity index (χ0n) is 15.5. The van der Waals surface area contributed by atoms with Crippen LogP contribution in [0.5, 0.6) is 0 Å². The standard InChI is InChI=1S/C20H19N3O6/c24-18(13-14-2-1-3-16(12-14)20(26)27)21-8-10-22(11-9-21)19(25)15-4-6-17(7-5-15)23(28)29/h1-7,12H,8-11,13H2,(H,26,27). The summed E-state index contributed by atoms with van der Waals surface area (Å²) in [6.07, 6.45) is 0.0947. The summed E-state index contributed by atoms with van der Waals surface area (Å²) in [6, 6.07) is 11.7. The van der Waals surface area contributed by atoms with Gasteiger partial charge in [-0.1, -0.05) is 12.1 Å². The van der Waals surface area contributed by atoms with E-state index in [1.54, 1.807) is 21.9 Å². The van der Waals surface area contributed by atoms with Crippen LogP contribution in [0.2, 0.25) is 0 Å². The van der Waals surface area contributed by atoms with Crippen molar-refractivity contribution in [3.63, 3.8) is 0 Å². The number of hydrogen-bond acceptors (Lipinski definition) is 5. The molecule has 0 bridgehead atoms. The maximum absolute atomic E-state index is 12.5. The SMILES string of the molecule is O=C(O)c1cccc(CC(=O)N2CCN(C(=O)c3ccc([N+](=O)[O-])cc3)CC2)c1. The Labute approximate surface area is 166 Å². The van der Waals surface area contributed by atoms with E-state index in [0.717, 1.165) is 0 Å². The van der Waals surface area contributed by atoms with Crippen LogP contribution >= 0.6 is 0 Å². The number of carbonyl (C=O) groups excluding carboxylic acids is 2. The molecule has 0 spiro atoms. The quantitative estimate of drug-likeness (QED) is 0.607. The monoisotopic (exact) mass is 397 g/mol. The number of benzene rings is 2. The zero-order valence-corrected chi connectivity index (χ0v) is 15.5. The second-order valence-corrected chi connectivity index (χ2v) is 6.66. The molecule has 0 radical (unpaired) electrons. The van der Waals surface area contributed by atoms with Crippen molar-refractivity contribution in [2.24, 2.45) is 0 Å². The average Bonchev–Trinajstić information content (AvgIpc) is 2.73. The number of carboxylic acid groups (broad SMARTS) is 1. The van der Waals surface area contributed by atoms with Gasteiger partial charge in [-0.2, -0.15) is 0 Å².